The zero-order valence-corrected chi connectivity index (χ0v) is 15.0. The number of carbonyl (C=O) groups excluding carboxylic acids is 1. The van der Waals surface area contributed by atoms with Crippen LogP contribution in [0.4, 0.5) is 0 Å². The average molecular weight is 318 g/mol. The van der Waals surface area contributed by atoms with Gasteiger partial charge in [0.2, 0.25) is 0 Å². The van der Waals surface area contributed by atoms with Crippen LogP contribution in [0.15, 0.2) is 29.3 Å². The second kappa shape index (κ2) is 9.87. The lowest BCUT2D eigenvalue weighted by molar-refractivity contribution is 0.0827. The van der Waals surface area contributed by atoms with Crippen molar-refractivity contribution in [2.75, 3.05) is 33.7 Å². The maximum atomic E-state index is 12.0. The molecule has 0 aromatic heterocycles. The maximum Gasteiger partial charge on any atom is 0.253 e. The molecule has 23 heavy (non-hydrogen) atoms. The van der Waals surface area contributed by atoms with Crippen molar-refractivity contribution in [2.24, 2.45) is 10.9 Å². The molecular formula is C18H30N4O. The minimum Gasteiger partial charge on any atom is -0.357 e. The monoisotopic (exact) mass is 318 g/mol. The van der Waals surface area contributed by atoms with E-state index in [1.807, 2.05) is 24.3 Å². The molecule has 1 amide bonds. The van der Waals surface area contributed by atoms with Crippen molar-refractivity contribution in [1.29, 1.82) is 0 Å². The van der Waals surface area contributed by atoms with Crippen LogP contribution in [-0.4, -0.2) is 50.5 Å². The van der Waals surface area contributed by atoms with Crippen LogP contribution in [0.25, 0.3) is 0 Å². The molecule has 0 atom stereocenters. The van der Waals surface area contributed by atoms with Crippen LogP contribution < -0.4 is 10.6 Å². The van der Waals surface area contributed by atoms with Gasteiger partial charge in [-0.15, -0.1) is 0 Å². The Balaban J connectivity index is 2.58. The van der Waals surface area contributed by atoms with Crippen LogP contribution in [0.3, 0.4) is 0 Å². The van der Waals surface area contributed by atoms with Gasteiger partial charge < -0.3 is 15.5 Å². The Labute approximate surface area is 140 Å². The Kier molecular flexibility index (Phi) is 8.16. The largest absolute Gasteiger partial charge is 0.357 e. The fourth-order valence-corrected chi connectivity index (χ4v) is 2.06. The first-order valence-corrected chi connectivity index (χ1v) is 8.26. The molecule has 0 saturated carbocycles. The molecule has 0 aliphatic rings. The molecular weight excluding hydrogens is 288 g/mol. The van der Waals surface area contributed by atoms with Gasteiger partial charge in [-0.05, 0) is 37.0 Å². The predicted octanol–water partition coefficient (Wildman–Crippen LogP) is 2.14. The Bertz CT molecular complexity index is 524. The second-order valence-corrected chi connectivity index (χ2v) is 6.19. The van der Waals surface area contributed by atoms with Crippen molar-refractivity contribution in [1.82, 2.24) is 15.5 Å². The molecule has 0 spiro atoms. The van der Waals surface area contributed by atoms with Crippen LogP contribution >= 0.6 is 0 Å². The summed E-state index contributed by atoms with van der Waals surface area (Å²) in [5.74, 6) is 1.42. The molecule has 0 aliphatic carbocycles. The first-order valence-electron chi connectivity index (χ1n) is 8.26. The van der Waals surface area contributed by atoms with Gasteiger partial charge in [-0.2, -0.15) is 0 Å². The van der Waals surface area contributed by atoms with E-state index in [0.717, 1.165) is 43.1 Å². The Hall–Kier alpha value is -2.04. The molecule has 1 aromatic rings. The number of benzene rings is 1. The van der Waals surface area contributed by atoms with E-state index in [1.165, 1.54) is 0 Å². The highest BCUT2D eigenvalue weighted by molar-refractivity contribution is 5.94. The third kappa shape index (κ3) is 7.17. The zero-order chi connectivity index (χ0) is 17.2. The highest BCUT2D eigenvalue weighted by Crippen LogP contribution is 2.07. The minimum atomic E-state index is 0.0339. The number of carbonyl (C=O) groups is 1. The number of hydrogen-bond acceptors (Lipinski definition) is 2. The van der Waals surface area contributed by atoms with Crippen LogP contribution in [0, 0.1) is 5.92 Å². The summed E-state index contributed by atoms with van der Waals surface area (Å²) in [6, 6.07) is 7.80. The van der Waals surface area contributed by atoms with Gasteiger partial charge in [-0.25, -0.2) is 0 Å². The molecule has 0 fully saturated rings. The first-order chi connectivity index (χ1) is 10.9. The number of guanidine groups is 1. The smallest absolute Gasteiger partial charge is 0.253 e. The fraction of sp³-hybridized carbons (Fsp3) is 0.556. The summed E-state index contributed by atoms with van der Waals surface area (Å²) >= 11 is 0. The lowest BCUT2D eigenvalue weighted by Gasteiger charge is -2.13. The molecule has 0 aliphatic heterocycles. The van der Waals surface area contributed by atoms with Crippen molar-refractivity contribution >= 4 is 11.9 Å². The van der Waals surface area contributed by atoms with Gasteiger partial charge in [0.1, 0.15) is 0 Å². The van der Waals surface area contributed by atoms with Gasteiger partial charge in [0.25, 0.3) is 5.91 Å². The van der Waals surface area contributed by atoms with Crippen molar-refractivity contribution in [2.45, 2.75) is 27.2 Å². The summed E-state index contributed by atoms with van der Waals surface area (Å²) in [7, 11) is 3.54. The van der Waals surface area contributed by atoms with Gasteiger partial charge in [0, 0.05) is 39.3 Å². The summed E-state index contributed by atoms with van der Waals surface area (Å²) in [6.45, 7) is 8.80. The highest BCUT2D eigenvalue weighted by atomic mass is 16.2. The third-order valence-corrected chi connectivity index (χ3v) is 3.25. The number of nitrogens with one attached hydrogen (secondary N) is 2. The number of amides is 1. The zero-order valence-electron chi connectivity index (χ0n) is 15.0. The fourth-order valence-electron chi connectivity index (χ4n) is 2.06. The summed E-state index contributed by atoms with van der Waals surface area (Å²) in [5, 5.41) is 6.59. The van der Waals surface area contributed by atoms with Gasteiger partial charge in [-0.1, -0.05) is 26.0 Å². The molecule has 2 N–H and O–H groups in total. The number of aliphatic imine (C=N–C) groups is 1. The molecule has 0 heterocycles. The average Bonchev–Trinajstić information content (AvgIpc) is 2.52. The lowest BCUT2D eigenvalue weighted by atomic mass is 10.1. The van der Waals surface area contributed by atoms with Crippen molar-refractivity contribution in [3.8, 4) is 0 Å². The number of nitrogens with zero attached hydrogens (tertiary/aromatic N) is 2. The Morgan fingerprint density at radius 2 is 2.00 bits per heavy atom. The molecule has 1 rings (SSSR count). The Morgan fingerprint density at radius 1 is 1.26 bits per heavy atom. The third-order valence-electron chi connectivity index (χ3n) is 3.25. The van der Waals surface area contributed by atoms with E-state index in [1.54, 1.807) is 19.0 Å². The normalized spacial score (nSPS) is 11.5. The van der Waals surface area contributed by atoms with E-state index in [2.05, 4.69) is 36.4 Å². The number of rotatable bonds is 7. The van der Waals surface area contributed by atoms with Crippen LogP contribution in [-0.2, 0) is 6.42 Å². The molecule has 0 radical (unpaired) electrons. The highest BCUT2D eigenvalue weighted by Gasteiger charge is 2.08. The molecule has 128 valence electrons. The summed E-state index contributed by atoms with van der Waals surface area (Å²) in [6.07, 6.45) is 0.848. The standard InChI is InChI=1S/C18H30N4O/c1-6-19-18(21-13-14(2)3)20-11-10-15-8-7-9-16(12-15)17(23)22(4)5/h7-9,12,14H,6,10-11,13H2,1-5H3,(H2,19,20,21). The van der Waals surface area contributed by atoms with Crippen LogP contribution in [0.5, 0.6) is 0 Å². The van der Waals surface area contributed by atoms with Crippen LogP contribution in [0.2, 0.25) is 0 Å². The maximum absolute atomic E-state index is 12.0. The lowest BCUT2D eigenvalue weighted by Crippen LogP contribution is -2.38. The molecule has 5 heteroatoms. The Morgan fingerprint density at radius 3 is 2.61 bits per heavy atom. The molecule has 0 bridgehead atoms. The predicted molar refractivity (Wildman–Crippen MR) is 97.0 cm³/mol. The topological polar surface area (TPSA) is 56.7 Å². The van der Waals surface area contributed by atoms with E-state index in [9.17, 15) is 4.79 Å². The van der Waals surface area contributed by atoms with Crippen molar-refractivity contribution in [3.63, 3.8) is 0 Å². The summed E-state index contributed by atoms with van der Waals surface area (Å²) in [5.41, 5.74) is 1.87. The first kappa shape index (κ1) is 19.0. The SMILES string of the molecule is CCNC(=NCC(C)C)NCCc1cccc(C(=O)N(C)C)c1. The van der Waals surface area contributed by atoms with Gasteiger partial charge in [0.05, 0.1) is 0 Å². The van der Waals surface area contributed by atoms with E-state index in [-0.39, 0.29) is 5.91 Å². The minimum absolute atomic E-state index is 0.0339. The van der Waals surface area contributed by atoms with E-state index in [0.29, 0.717) is 5.92 Å². The number of hydrogen-bond donors (Lipinski definition) is 2. The molecule has 5 nitrogen and oxygen atoms in total. The van der Waals surface area contributed by atoms with Gasteiger partial charge in [-0.3, -0.25) is 9.79 Å². The van der Waals surface area contributed by atoms with Crippen LogP contribution in [0.1, 0.15) is 36.7 Å². The van der Waals surface area contributed by atoms with E-state index < -0.39 is 0 Å². The second-order valence-electron chi connectivity index (χ2n) is 6.19. The molecule has 1 aromatic carbocycles. The van der Waals surface area contributed by atoms with Crippen molar-refractivity contribution in [3.05, 3.63) is 35.4 Å². The summed E-state index contributed by atoms with van der Waals surface area (Å²) < 4.78 is 0. The summed E-state index contributed by atoms with van der Waals surface area (Å²) in [4.78, 5) is 18.1. The van der Waals surface area contributed by atoms with E-state index >= 15 is 0 Å². The quantitative estimate of drug-likeness (QED) is 0.598. The molecule has 0 unspecified atom stereocenters. The van der Waals surface area contributed by atoms with E-state index in [4.69, 9.17) is 0 Å². The molecule has 0 saturated heterocycles. The van der Waals surface area contributed by atoms with Gasteiger partial charge in [0.15, 0.2) is 5.96 Å². The van der Waals surface area contributed by atoms with Gasteiger partial charge >= 0.3 is 0 Å². The van der Waals surface area contributed by atoms with Crippen molar-refractivity contribution < 1.29 is 4.79 Å².